The number of carbonyl (C=O) groups excluding carboxylic acids is 2. The normalized spacial score (nSPS) is 40.8. The second-order valence-electron chi connectivity index (χ2n) is 9.99. The van der Waals surface area contributed by atoms with Crippen LogP contribution >= 0.6 is 11.8 Å². The minimum Gasteiger partial charge on any atom is -0.299 e. The molecule has 0 spiro atoms. The van der Waals surface area contributed by atoms with Crippen LogP contribution in [0.1, 0.15) is 51.5 Å². The second-order valence-corrected chi connectivity index (χ2v) is 11.2. The number of allylic oxidation sites excluding steroid dienone is 4. The number of Topliss-reactive ketones (excluding diaryl/α,β-unsaturated/α-hetero) is 1. The summed E-state index contributed by atoms with van der Waals surface area (Å²) in [5, 5.41) is 0.561. The third-order valence-corrected chi connectivity index (χ3v) is 10.1. The van der Waals surface area contributed by atoms with Crippen LogP contribution in [0.15, 0.2) is 54.1 Å². The third-order valence-electron chi connectivity index (χ3n) is 8.46. The molecule has 0 radical (unpaired) electrons. The highest BCUT2D eigenvalue weighted by Crippen LogP contribution is 2.65. The topological polar surface area (TPSA) is 34.1 Å². The van der Waals surface area contributed by atoms with Gasteiger partial charge in [-0.15, -0.1) is 0 Å². The van der Waals surface area contributed by atoms with Gasteiger partial charge >= 0.3 is 0 Å². The number of hydrogen-bond acceptors (Lipinski definition) is 3. The fourth-order valence-corrected chi connectivity index (χ4v) is 8.56. The lowest BCUT2D eigenvalue weighted by atomic mass is 9.48. The molecule has 0 saturated heterocycles. The van der Waals surface area contributed by atoms with Crippen molar-refractivity contribution in [2.75, 3.05) is 0 Å². The Morgan fingerprint density at radius 3 is 2.66 bits per heavy atom. The molecule has 5 rings (SSSR count). The number of hydrogen-bond donors (Lipinski definition) is 0. The molecular formula is C26H30O2S. The van der Waals surface area contributed by atoms with E-state index in [0.717, 1.165) is 18.6 Å². The zero-order chi connectivity index (χ0) is 20.2. The van der Waals surface area contributed by atoms with Crippen molar-refractivity contribution in [1.29, 1.82) is 0 Å². The van der Waals surface area contributed by atoms with Crippen molar-refractivity contribution in [2.45, 2.75) is 57.0 Å². The molecule has 0 aromatic heterocycles. The van der Waals surface area contributed by atoms with E-state index in [1.807, 2.05) is 6.08 Å². The van der Waals surface area contributed by atoms with Crippen LogP contribution in [0.25, 0.3) is 0 Å². The summed E-state index contributed by atoms with van der Waals surface area (Å²) in [4.78, 5) is 25.5. The molecule has 3 fully saturated rings. The Labute approximate surface area is 178 Å². The fourth-order valence-electron chi connectivity index (χ4n) is 7.03. The van der Waals surface area contributed by atoms with Gasteiger partial charge in [-0.2, -0.15) is 11.8 Å². The first-order valence-corrected chi connectivity index (χ1v) is 12.1. The Bertz CT molecular complexity index is 901. The maximum atomic E-state index is 13.6. The van der Waals surface area contributed by atoms with Crippen molar-refractivity contribution in [3.63, 3.8) is 0 Å². The fraction of sp³-hybridized carbons (Fsp3) is 0.538. The van der Waals surface area contributed by atoms with E-state index in [4.69, 9.17) is 0 Å². The van der Waals surface area contributed by atoms with Crippen molar-refractivity contribution < 1.29 is 9.59 Å². The molecule has 4 aliphatic carbocycles. The van der Waals surface area contributed by atoms with Gasteiger partial charge in [0, 0.05) is 28.8 Å². The monoisotopic (exact) mass is 406 g/mol. The highest BCUT2D eigenvalue weighted by Gasteiger charge is 2.61. The van der Waals surface area contributed by atoms with Crippen molar-refractivity contribution in [2.24, 2.45) is 28.6 Å². The number of thioether (sulfide) groups is 1. The van der Waals surface area contributed by atoms with Gasteiger partial charge in [-0.3, -0.25) is 9.59 Å². The summed E-state index contributed by atoms with van der Waals surface area (Å²) < 4.78 is 0. The van der Waals surface area contributed by atoms with Gasteiger partial charge in [0.15, 0.2) is 5.78 Å². The maximum Gasteiger partial charge on any atom is 0.178 e. The molecule has 0 N–H and O–H groups in total. The van der Waals surface area contributed by atoms with Gasteiger partial charge in [0.2, 0.25) is 0 Å². The van der Waals surface area contributed by atoms with E-state index >= 15 is 0 Å². The first-order valence-electron chi connectivity index (χ1n) is 11.0. The zero-order valence-electron chi connectivity index (χ0n) is 17.4. The number of fused-ring (bicyclic) bond motifs is 5. The number of benzene rings is 1. The lowest BCUT2D eigenvalue weighted by Gasteiger charge is -2.55. The van der Waals surface area contributed by atoms with Gasteiger partial charge in [0.05, 0.1) is 0 Å². The quantitative estimate of drug-likeness (QED) is 0.638. The van der Waals surface area contributed by atoms with Crippen LogP contribution in [-0.2, 0) is 15.3 Å². The highest BCUT2D eigenvalue weighted by atomic mass is 32.2. The number of rotatable bonds is 3. The van der Waals surface area contributed by atoms with Crippen LogP contribution in [0.3, 0.4) is 0 Å². The van der Waals surface area contributed by atoms with Crippen LogP contribution in [-0.4, -0.2) is 16.8 Å². The summed E-state index contributed by atoms with van der Waals surface area (Å²) >= 11 is 2.06. The Balaban J connectivity index is 1.40. The molecule has 4 aliphatic rings. The molecule has 1 aromatic carbocycles. The van der Waals surface area contributed by atoms with Crippen molar-refractivity contribution in [3.05, 3.63) is 59.7 Å². The van der Waals surface area contributed by atoms with E-state index in [0.29, 0.717) is 29.3 Å². The maximum absolute atomic E-state index is 13.6. The van der Waals surface area contributed by atoms with E-state index in [9.17, 15) is 9.59 Å². The molecular weight excluding hydrogens is 376 g/mol. The molecule has 0 aliphatic heterocycles. The summed E-state index contributed by atoms with van der Waals surface area (Å²) in [7, 11) is 0. The van der Waals surface area contributed by atoms with Gasteiger partial charge in [-0.1, -0.05) is 55.8 Å². The molecule has 0 bridgehead atoms. The number of ketones is 2. The number of carbonyl (C=O) groups is 2. The first-order chi connectivity index (χ1) is 13.9. The lowest BCUT2D eigenvalue weighted by molar-refractivity contribution is -0.140. The smallest absolute Gasteiger partial charge is 0.178 e. The standard InChI is InChI=1S/C26H30O2S/c1-25-13-12-19(27)14-18(25)8-9-20-21-10-11-23(26(21,2)15-22(28)24(20)25)29-16-17-6-4-3-5-7-17/h3-7,12-14,20-21,23-24H,8-11,15-16H2,1-2H3/t20-,21-,23+,24+,25-,26-/m0/s1. The minimum atomic E-state index is -0.246. The SMILES string of the molecule is C[C@]12CC(=O)[C@H]3[C@@H](CCC4=CC(=O)C=C[C@@]43C)[C@@H]1CC[C@H]2SCc1ccccc1. The Hall–Kier alpha value is -1.61. The molecule has 3 saturated carbocycles. The molecule has 152 valence electrons. The molecule has 2 nitrogen and oxygen atoms in total. The third kappa shape index (κ3) is 3.00. The van der Waals surface area contributed by atoms with E-state index in [-0.39, 0.29) is 22.5 Å². The van der Waals surface area contributed by atoms with Crippen molar-refractivity contribution in [3.8, 4) is 0 Å². The van der Waals surface area contributed by atoms with Gasteiger partial charge in [0.1, 0.15) is 5.78 Å². The average Bonchev–Trinajstić information content (AvgIpc) is 3.03. The van der Waals surface area contributed by atoms with Crippen molar-refractivity contribution >= 4 is 23.3 Å². The molecule has 0 unspecified atom stereocenters. The largest absolute Gasteiger partial charge is 0.299 e. The summed E-state index contributed by atoms with van der Waals surface area (Å²) in [6.45, 7) is 4.60. The van der Waals surface area contributed by atoms with Crippen LogP contribution in [0.2, 0.25) is 0 Å². The zero-order valence-corrected chi connectivity index (χ0v) is 18.2. The first kappa shape index (κ1) is 19.4. The molecule has 6 atom stereocenters. The average molecular weight is 407 g/mol. The van der Waals surface area contributed by atoms with Gasteiger partial charge in [0.25, 0.3) is 0 Å². The van der Waals surface area contributed by atoms with E-state index in [2.05, 4.69) is 62.0 Å². The van der Waals surface area contributed by atoms with Crippen molar-refractivity contribution in [1.82, 2.24) is 0 Å². The summed E-state index contributed by atoms with van der Waals surface area (Å²) in [5.74, 6) is 2.70. The van der Waals surface area contributed by atoms with E-state index in [1.54, 1.807) is 6.08 Å². The molecule has 0 heterocycles. The lowest BCUT2D eigenvalue weighted by Crippen LogP contribution is -2.54. The van der Waals surface area contributed by atoms with Crippen LogP contribution in [0.4, 0.5) is 0 Å². The molecule has 0 amide bonds. The Morgan fingerprint density at radius 2 is 1.86 bits per heavy atom. The molecule has 29 heavy (non-hydrogen) atoms. The Morgan fingerprint density at radius 1 is 1.07 bits per heavy atom. The van der Waals surface area contributed by atoms with E-state index in [1.165, 1.54) is 24.0 Å². The minimum absolute atomic E-state index is 0.0581. The van der Waals surface area contributed by atoms with Gasteiger partial charge in [-0.25, -0.2) is 0 Å². The second kappa shape index (κ2) is 6.97. The predicted octanol–water partition coefficient (Wildman–Crippen LogP) is 5.78. The van der Waals surface area contributed by atoms with Gasteiger partial charge in [-0.05, 0) is 60.6 Å². The summed E-state index contributed by atoms with van der Waals surface area (Å²) in [6.07, 6.45) is 10.8. The molecule has 1 aromatic rings. The van der Waals surface area contributed by atoms with E-state index < -0.39 is 0 Å². The van der Waals surface area contributed by atoms with Crippen LogP contribution in [0, 0.1) is 28.6 Å². The van der Waals surface area contributed by atoms with Gasteiger partial charge < -0.3 is 0 Å². The highest BCUT2D eigenvalue weighted by molar-refractivity contribution is 7.99. The Kier molecular flexibility index (Phi) is 4.66. The summed E-state index contributed by atoms with van der Waals surface area (Å²) in [5.41, 5.74) is 2.44. The van der Waals surface area contributed by atoms with Crippen LogP contribution < -0.4 is 0 Å². The van der Waals surface area contributed by atoms with Crippen LogP contribution in [0.5, 0.6) is 0 Å². The predicted molar refractivity (Wildman–Crippen MR) is 119 cm³/mol. The molecule has 3 heteroatoms. The summed E-state index contributed by atoms with van der Waals surface area (Å²) in [6, 6.07) is 10.7.